The van der Waals surface area contributed by atoms with Gasteiger partial charge in [-0.2, -0.15) is 0 Å². The van der Waals surface area contributed by atoms with E-state index in [9.17, 15) is 9.59 Å². The molecule has 0 atom stereocenters. The van der Waals surface area contributed by atoms with Gasteiger partial charge in [0.05, 0.1) is 7.11 Å². The topological polar surface area (TPSA) is 67.4 Å². The number of nitrogens with one attached hydrogen (secondary N) is 2. The summed E-state index contributed by atoms with van der Waals surface area (Å²) in [6.45, 7) is 3.12. The van der Waals surface area contributed by atoms with Crippen molar-refractivity contribution in [2.24, 2.45) is 23.2 Å². The molecule has 4 fully saturated rings. The Kier molecular flexibility index (Phi) is 6.37. The van der Waals surface area contributed by atoms with Gasteiger partial charge in [0.2, 0.25) is 5.91 Å². The summed E-state index contributed by atoms with van der Waals surface area (Å²) in [7, 11) is 1.67. The van der Waals surface area contributed by atoms with Gasteiger partial charge in [-0.15, -0.1) is 0 Å². The lowest BCUT2D eigenvalue weighted by atomic mass is 9.49. The Morgan fingerprint density at radius 1 is 0.941 bits per heavy atom. The molecular formula is C29H36N2O3. The van der Waals surface area contributed by atoms with Crippen LogP contribution in [0.1, 0.15) is 65.6 Å². The fraction of sp³-hybridized carbons (Fsp3) is 0.517. The van der Waals surface area contributed by atoms with Gasteiger partial charge >= 0.3 is 0 Å². The minimum Gasteiger partial charge on any atom is -0.496 e. The van der Waals surface area contributed by atoms with Gasteiger partial charge in [-0.05, 0) is 98.9 Å². The Balaban J connectivity index is 1.11. The number of methoxy groups -OCH3 is 1. The molecule has 6 rings (SSSR count). The van der Waals surface area contributed by atoms with Crippen molar-refractivity contribution >= 4 is 11.8 Å². The van der Waals surface area contributed by atoms with Crippen LogP contribution in [0.25, 0.3) is 0 Å². The molecule has 4 aliphatic rings. The lowest BCUT2D eigenvalue weighted by Gasteiger charge is -2.55. The van der Waals surface area contributed by atoms with Crippen LogP contribution in [-0.2, 0) is 17.8 Å². The number of benzene rings is 2. The highest BCUT2D eigenvalue weighted by Crippen LogP contribution is 2.60. The van der Waals surface area contributed by atoms with Gasteiger partial charge in [0.15, 0.2) is 0 Å². The van der Waals surface area contributed by atoms with E-state index in [1.54, 1.807) is 7.11 Å². The zero-order valence-corrected chi connectivity index (χ0v) is 20.4. The van der Waals surface area contributed by atoms with E-state index in [0.717, 1.165) is 53.9 Å². The molecule has 0 spiro atoms. The molecule has 2 N–H and O–H groups in total. The Bertz CT molecular complexity index is 1020. The number of aryl methyl sites for hydroxylation is 1. The monoisotopic (exact) mass is 460 g/mol. The summed E-state index contributed by atoms with van der Waals surface area (Å²) >= 11 is 0. The summed E-state index contributed by atoms with van der Waals surface area (Å²) in [5, 5.41) is 6.22. The smallest absolute Gasteiger partial charge is 0.251 e. The summed E-state index contributed by atoms with van der Waals surface area (Å²) in [4.78, 5) is 25.7. The molecule has 2 amide bonds. The predicted octanol–water partition coefficient (Wildman–Crippen LogP) is 4.81. The number of carbonyl (C=O) groups excluding carboxylic acids is 2. The number of hydrogen-bond acceptors (Lipinski definition) is 3. The molecular weight excluding hydrogens is 424 g/mol. The molecule has 5 nitrogen and oxygen atoms in total. The quantitative estimate of drug-likeness (QED) is 0.594. The van der Waals surface area contributed by atoms with E-state index in [2.05, 4.69) is 23.6 Å². The van der Waals surface area contributed by atoms with Crippen LogP contribution in [0.2, 0.25) is 0 Å². The fourth-order valence-corrected chi connectivity index (χ4v) is 7.05. The van der Waals surface area contributed by atoms with Crippen LogP contribution < -0.4 is 15.4 Å². The highest BCUT2D eigenvalue weighted by molar-refractivity contribution is 5.94. The first-order chi connectivity index (χ1) is 16.4. The van der Waals surface area contributed by atoms with Crippen LogP contribution in [0.5, 0.6) is 5.75 Å². The first kappa shape index (κ1) is 22.9. The van der Waals surface area contributed by atoms with Crippen molar-refractivity contribution in [2.45, 2.75) is 58.4 Å². The standard InChI is InChI=1S/C29H36N2O3/c1-19-3-8-26(34-2)25(11-19)9-10-30-27(32)24-6-4-20(5-7-24)18-31-28(33)29-15-21-12-22(16-29)14-23(13-21)17-29/h3-8,11,21-23H,9-10,12-18H2,1-2H3,(H,30,32)(H,31,33). The maximum Gasteiger partial charge on any atom is 0.251 e. The van der Waals surface area contributed by atoms with E-state index in [0.29, 0.717) is 25.1 Å². The third-order valence-electron chi connectivity index (χ3n) is 8.30. The maximum atomic E-state index is 13.2. The van der Waals surface area contributed by atoms with Crippen LogP contribution in [0.3, 0.4) is 0 Å². The molecule has 0 heterocycles. The van der Waals surface area contributed by atoms with Gasteiger partial charge < -0.3 is 15.4 Å². The fourth-order valence-electron chi connectivity index (χ4n) is 7.05. The molecule has 0 aromatic heterocycles. The van der Waals surface area contributed by atoms with Gasteiger partial charge in [0, 0.05) is 24.1 Å². The molecule has 34 heavy (non-hydrogen) atoms. The average molecular weight is 461 g/mol. The van der Waals surface area contributed by atoms with Crippen molar-refractivity contribution in [2.75, 3.05) is 13.7 Å². The molecule has 4 saturated carbocycles. The van der Waals surface area contributed by atoms with Crippen molar-refractivity contribution < 1.29 is 14.3 Å². The van der Waals surface area contributed by atoms with Crippen molar-refractivity contribution in [1.82, 2.24) is 10.6 Å². The lowest BCUT2D eigenvalue weighted by Crippen LogP contribution is -2.53. The van der Waals surface area contributed by atoms with Crippen LogP contribution in [0.15, 0.2) is 42.5 Å². The molecule has 0 saturated heterocycles. The van der Waals surface area contributed by atoms with E-state index in [1.807, 2.05) is 36.4 Å². The SMILES string of the molecule is COc1ccc(C)cc1CCNC(=O)c1ccc(CNC(=O)C23CC4CC(CC(C4)C2)C3)cc1. The Morgan fingerprint density at radius 2 is 1.59 bits per heavy atom. The minimum absolute atomic E-state index is 0.0872. The summed E-state index contributed by atoms with van der Waals surface area (Å²) in [6, 6.07) is 13.7. The summed E-state index contributed by atoms with van der Waals surface area (Å²) in [5.41, 5.74) is 3.81. The zero-order chi connectivity index (χ0) is 23.7. The van der Waals surface area contributed by atoms with E-state index in [1.165, 1.54) is 24.8 Å². The van der Waals surface area contributed by atoms with Gasteiger partial charge in [-0.1, -0.05) is 29.8 Å². The third kappa shape index (κ3) is 4.70. The van der Waals surface area contributed by atoms with Gasteiger partial charge in [0.1, 0.15) is 5.75 Å². The van der Waals surface area contributed by atoms with Gasteiger partial charge in [-0.3, -0.25) is 9.59 Å². The van der Waals surface area contributed by atoms with E-state index in [-0.39, 0.29) is 17.2 Å². The summed E-state index contributed by atoms with van der Waals surface area (Å²) in [5.74, 6) is 3.31. The van der Waals surface area contributed by atoms with Crippen molar-refractivity contribution in [3.8, 4) is 5.75 Å². The molecule has 0 unspecified atom stereocenters. The molecule has 0 radical (unpaired) electrons. The van der Waals surface area contributed by atoms with E-state index in [4.69, 9.17) is 4.74 Å². The first-order valence-corrected chi connectivity index (χ1v) is 12.7. The van der Waals surface area contributed by atoms with E-state index < -0.39 is 0 Å². The van der Waals surface area contributed by atoms with Gasteiger partial charge in [-0.25, -0.2) is 0 Å². The second kappa shape index (κ2) is 9.44. The number of ether oxygens (including phenoxy) is 1. The Morgan fingerprint density at radius 3 is 2.21 bits per heavy atom. The first-order valence-electron chi connectivity index (χ1n) is 12.7. The van der Waals surface area contributed by atoms with Crippen LogP contribution in [0.4, 0.5) is 0 Å². The molecule has 4 bridgehead atoms. The molecule has 5 heteroatoms. The zero-order valence-electron chi connectivity index (χ0n) is 20.4. The molecule has 2 aromatic rings. The number of rotatable bonds is 8. The lowest BCUT2D eigenvalue weighted by molar-refractivity contribution is -0.146. The minimum atomic E-state index is -0.117. The van der Waals surface area contributed by atoms with Crippen LogP contribution in [-0.4, -0.2) is 25.5 Å². The molecule has 0 aliphatic heterocycles. The molecule has 180 valence electrons. The predicted molar refractivity (Wildman–Crippen MR) is 133 cm³/mol. The summed E-state index contributed by atoms with van der Waals surface area (Å²) in [6.07, 6.45) is 7.98. The van der Waals surface area contributed by atoms with Crippen LogP contribution >= 0.6 is 0 Å². The van der Waals surface area contributed by atoms with E-state index >= 15 is 0 Å². The Hall–Kier alpha value is -2.82. The Labute approximate surface area is 202 Å². The molecule has 4 aliphatic carbocycles. The second-order valence-corrected chi connectivity index (χ2v) is 10.9. The third-order valence-corrected chi connectivity index (χ3v) is 8.30. The van der Waals surface area contributed by atoms with Crippen molar-refractivity contribution in [3.63, 3.8) is 0 Å². The van der Waals surface area contributed by atoms with Crippen molar-refractivity contribution in [1.29, 1.82) is 0 Å². The van der Waals surface area contributed by atoms with Gasteiger partial charge in [0.25, 0.3) is 5.91 Å². The highest BCUT2D eigenvalue weighted by Gasteiger charge is 2.54. The number of carbonyl (C=O) groups is 2. The number of hydrogen-bond donors (Lipinski definition) is 2. The summed E-state index contributed by atoms with van der Waals surface area (Å²) < 4.78 is 5.42. The normalized spacial score (nSPS) is 26.8. The maximum absolute atomic E-state index is 13.2. The van der Waals surface area contributed by atoms with Crippen molar-refractivity contribution in [3.05, 3.63) is 64.7 Å². The van der Waals surface area contributed by atoms with Crippen LogP contribution in [0, 0.1) is 30.1 Å². The average Bonchev–Trinajstić information content (AvgIpc) is 2.82. The highest BCUT2D eigenvalue weighted by atomic mass is 16.5. The molecule has 2 aromatic carbocycles. The largest absolute Gasteiger partial charge is 0.496 e. The number of amides is 2. The second-order valence-electron chi connectivity index (χ2n) is 10.9.